The van der Waals surface area contributed by atoms with Crippen LogP contribution in [0.5, 0.6) is 11.6 Å². The monoisotopic (exact) mass is 397 g/mol. The molecular weight excluding hydrogens is 371 g/mol. The van der Waals surface area contributed by atoms with Crippen LogP contribution in [0.15, 0.2) is 30.5 Å². The van der Waals surface area contributed by atoms with Crippen molar-refractivity contribution in [3.8, 4) is 11.6 Å². The standard InChI is InChI=1S/C20H26F3N3O2/c1-6-14(5)28-18-17(20(21,22)23)12-24-19(25-18)26(7-2)15-8-10-16(11-9-15)27-13(3)4/h8-14H,6-7H2,1-5H3. The molecule has 1 atom stereocenters. The second-order valence-corrected chi connectivity index (χ2v) is 6.63. The SMILES string of the molecule is CCC(C)Oc1nc(N(CC)c2ccc(OC(C)C)cc2)ncc1C(F)(F)F. The minimum atomic E-state index is -4.59. The molecule has 2 aromatic rings. The lowest BCUT2D eigenvalue weighted by Gasteiger charge is -2.23. The summed E-state index contributed by atoms with van der Waals surface area (Å²) in [6, 6.07) is 7.24. The van der Waals surface area contributed by atoms with Crippen LogP contribution in [0.1, 0.15) is 46.6 Å². The molecule has 5 nitrogen and oxygen atoms in total. The van der Waals surface area contributed by atoms with Crippen molar-refractivity contribution in [1.82, 2.24) is 9.97 Å². The Kier molecular flexibility index (Phi) is 7.10. The van der Waals surface area contributed by atoms with E-state index < -0.39 is 23.7 Å². The van der Waals surface area contributed by atoms with E-state index in [9.17, 15) is 13.2 Å². The van der Waals surface area contributed by atoms with Crippen molar-refractivity contribution in [3.05, 3.63) is 36.0 Å². The quantitative estimate of drug-likeness (QED) is 0.579. The zero-order valence-electron chi connectivity index (χ0n) is 16.7. The molecule has 0 aliphatic carbocycles. The van der Waals surface area contributed by atoms with Gasteiger partial charge in [-0.2, -0.15) is 18.2 Å². The van der Waals surface area contributed by atoms with Crippen LogP contribution in [0.3, 0.4) is 0 Å². The molecule has 0 radical (unpaired) electrons. The minimum Gasteiger partial charge on any atom is -0.491 e. The number of hydrogen-bond donors (Lipinski definition) is 0. The van der Waals surface area contributed by atoms with E-state index in [1.54, 1.807) is 24.0 Å². The molecular formula is C20H26F3N3O2. The second kappa shape index (κ2) is 9.12. The van der Waals surface area contributed by atoms with Gasteiger partial charge in [-0.1, -0.05) is 6.92 Å². The van der Waals surface area contributed by atoms with Crippen LogP contribution in [0, 0.1) is 0 Å². The molecule has 0 fully saturated rings. The first-order valence-corrected chi connectivity index (χ1v) is 9.30. The Bertz CT molecular complexity index is 764. The number of anilines is 2. The van der Waals surface area contributed by atoms with E-state index in [2.05, 4.69) is 9.97 Å². The van der Waals surface area contributed by atoms with E-state index in [-0.39, 0.29) is 12.1 Å². The summed E-state index contributed by atoms with van der Waals surface area (Å²) < 4.78 is 51.0. The van der Waals surface area contributed by atoms with Crippen molar-refractivity contribution in [2.45, 2.75) is 59.4 Å². The van der Waals surface area contributed by atoms with Gasteiger partial charge in [-0.3, -0.25) is 0 Å². The van der Waals surface area contributed by atoms with Crippen molar-refractivity contribution in [2.24, 2.45) is 0 Å². The summed E-state index contributed by atoms with van der Waals surface area (Å²) in [7, 11) is 0. The smallest absolute Gasteiger partial charge is 0.423 e. The second-order valence-electron chi connectivity index (χ2n) is 6.63. The predicted octanol–water partition coefficient (Wildman–Crippen LogP) is 5.62. The molecule has 0 saturated carbocycles. The maximum absolute atomic E-state index is 13.3. The number of ether oxygens (including phenoxy) is 2. The van der Waals surface area contributed by atoms with Crippen molar-refractivity contribution in [3.63, 3.8) is 0 Å². The van der Waals surface area contributed by atoms with Crippen LogP contribution >= 0.6 is 0 Å². The van der Waals surface area contributed by atoms with E-state index in [4.69, 9.17) is 9.47 Å². The average Bonchev–Trinajstić information content (AvgIpc) is 2.62. The highest BCUT2D eigenvalue weighted by Gasteiger charge is 2.37. The molecule has 1 aromatic carbocycles. The van der Waals surface area contributed by atoms with Crippen molar-refractivity contribution in [1.29, 1.82) is 0 Å². The van der Waals surface area contributed by atoms with Crippen molar-refractivity contribution >= 4 is 11.6 Å². The summed E-state index contributed by atoms with van der Waals surface area (Å²) in [6.07, 6.45) is -3.60. The highest BCUT2D eigenvalue weighted by molar-refractivity contribution is 5.58. The van der Waals surface area contributed by atoms with Crippen LogP contribution in [-0.2, 0) is 6.18 Å². The first-order valence-electron chi connectivity index (χ1n) is 9.30. The maximum atomic E-state index is 13.3. The lowest BCUT2D eigenvalue weighted by Crippen LogP contribution is -2.22. The molecule has 1 aromatic heterocycles. The molecule has 0 saturated heterocycles. The summed E-state index contributed by atoms with van der Waals surface area (Å²) in [5.74, 6) is 0.403. The molecule has 8 heteroatoms. The fourth-order valence-corrected chi connectivity index (χ4v) is 2.46. The average molecular weight is 397 g/mol. The molecule has 0 amide bonds. The van der Waals surface area contributed by atoms with Gasteiger partial charge in [0.25, 0.3) is 0 Å². The van der Waals surface area contributed by atoms with Gasteiger partial charge < -0.3 is 14.4 Å². The molecule has 0 aliphatic heterocycles. The molecule has 1 unspecified atom stereocenters. The normalized spacial score (nSPS) is 12.8. The third-order valence-corrected chi connectivity index (χ3v) is 4.01. The first kappa shape index (κ1) is 21.8. The Morgan fingerprint density at radius 2 is 1.68 bits per heavy atom. The first-order chi connectivity index (χ1) is 13.2. The largest absolute Gasteiger partial charge is 0.491 e. The number of halogens is 3. The lowest BCUT2D eigenvalue weighted by atomic mass is 10.2. The third-order valence-electron chi connectivity index (χ3n) is 4.01. The van der Waals surface area contributed by atoms with Crippen LogP contribution in [0.2, 0.25) is 0 Å². The van der Waals surface area contributed by atoms with E-state index in [1.807, 2.05) is 39.8 Å². The Morgan fingerprint density at radius 1 is 1.04 bits per heavy atom. The van der Waals surface area contributed by atoms with Crippen LogP contribution in [0.25, 0.3) is 0 Å². The number of hydrogen-bond acceptors (Lipinski definition) is 5. The van der Waals surface area contributed by atoms with Gasteiger partial charge >= 0.3 is 6.18 Å². The minimum absolute atomic E-state index is 0.0478. The number of benzene rings is 1. The van der Waals surface area contributed by atoms with Gasteiger partial charge in [-0.25, -0.2) is 4.98 Å². The van der Waals surface area contributed by atoms with Crippen molar-refractivity contribution in [2.75, 3.05) is 11.4 Å². The van der Waals surface area contributed by atoms with Crippen LogP contribution < -0.4 is 14.4 Å². The zero-order chi connectivity index (χ0) is 20.9. The zero-order valence-corrected chi connectivity index (χ0v) is 16.7. The summed E-state index contributed by atoms with van der Waals surface area (Å²) in [5, 5.41) is 0. The fraction of sp³-hybridized carbons (Fsp3) is 0.500. The van der Waals surface area contributed by atoms with E-state index >= 15 is 0 Å². The maximum Gasteiger partial charge on any atom is 0.423 e. The number of alkyl halides is 3. The molecule has 0 aliphatic rings. The molecule has 0 N–H and O–H groups in total. The van der Waals surface area contributed by atoms with Gasteiger partial charge in [0, 0.05) is 18.4 Å². The van der Waals surface area contributed by atoms with Crippen LogP contribution in [-0.4, -0.2) is 28.7 Å². The van der Waals surface area contributed by atoms with Crippen LogP contribution in [0.4, 0.5) is 24.8 Å². The van der Waals surface area contributed by atoms with E-state index in [0.717, 1.165) is 11.9 Å². The fourth-order valence-electron chi connectivity index (χ4n) is 2.46. The number of rotatable bonds is 8. The summed E-state index contributed by atoms with van der Waals surface area (Å²) in [4.78, 5) is 9.74. The van der Waals surface area contributed by atoms with Crippen molar-refractivity contribution < 1.29 is 22.6 Å². The van der Waals surface area contributed by atoms with Gasteiger partial charge in [0.2, 0.25) is 11.8 Å². The highest BCUT2D eigenvalue weighted by atomic mass is 19.4. The molecule has 0 bridgehead atoms. The lowest BCUT2D eigenvalue weighted by molar-refractivity contribution is -0.139. The van der Waals surface area contributed by atoms with E-state index in [1.165, 1.54) is 0 Å². The Hall–Kier alpha value is -2.51. The summed E-state index contributed by atoms with van der Waals surface area (Å²) >= 11 is 0. The molecule has 28 heavy (non-hydrogen) atoms. The Labute approximate surface area is 163 Å². The molecule has 0 spiro atoms. The third kappa shape index (κ3) is 5.50. The Morgan fingerprint density at radius 3 is 2.18 bits per heavy atom. The predicted molar refractivity (Wildman–Crippen MR) is 102 cm³/mol. The van der Waals surface area contributed by atoms with Gasteiger partial charge in [-0.05, 0) is 58.4 Å². The summed E-state index contributed by atoms with van der Waals surface area (Å²) in [5.41, 5.74) is -0.235. The molecule has 154 valence electrons. The summed E-state index contributed by atoms with van der Waals surface area (Å²) in [6.45, 7) is 9.74. The molecule has 2 rings (SSSR count). The highest BCUT2D eigenvalue weighted by Crippen LogP contribution is 2.37. The van der Waals surface area contributed by atoms with Gasteiger partial charge in [0.05, 0.1) is 12.2 Å². The Balaban J connectivity index is 2.39. The number of nitrogens with zero attached hydrogens (tertiary/aromatic N) is 3. The topological polar surface area (TPSA) is 47.5 Å². The van der Waals surface area contributed by atoms with Gasteiger partial charge in [-0.15, -0.1) is 0 Å². The van der Waals surface area contributed by atoms with Gasteiger partial charge in [0.15, 0.2) is 0 Å². The molecule has 1 heterocycles. The number of aromatic nitrogens is 2. The van der Waals surface area contributed by atoms with E-state index in [0.29, 0.717) is 18.7 Å². The van der Waals surface area contributed by atoms with Gasteiger partial charge in [0.1, 0.15) is 11.3 Å².